The zero-order valence-electron chi connectivity index (χ0n) is 17.7. The molecule has 1 amide bonds. The first-order valence-corrected chi connectivity index (χ1v) is 13.7. The summed E-state index contributed by atoms with van der Waals surface area (Å²) >= 11 is 0. The number of hydrogen-bond acceptors (Lipinski definition) is 5. The molecule has 2 unspecified atom stereocenters. The summed E-state index contributed by atoms with van der Waals surface area (Å²) in [6, 6.07) is 6.22. The number of benzene rings is 1. The Balaban J connectivity index is 1.64. The van der Waals surface area contributed by atoms with E-state index in [2.05, 4.69) is 5.32 Å². The van der Waals surface area contributed by atoms with Crippen LogP contribution >= 0.6 is 0 Å². The Morgan fingerprint density at radius 2 is 1.47 bits per heavy atom. The second kappa shape index (κ2) is 8.94. The molecule has 1 aromatic rings. The number of nitrogens with zero attached hydrogens (tertiary/aromatic N) is 2. The summed E-state index contributed by atoms with van der Waals surface area (Å²) in [5.74, 6) is -0.432. The van der Waals surface area contributed by atoms with Crippen molar-refractivity contribution < 1.29 is 21.6 Å². The van der Waals surface area contributed by atoms with Gasteiger partial charge in [0.1, 0.15) is 0 Å². The van der Waals surface area contributed by atoms with E-state index in [1.807, 2.05) is 13.8 Å². The quantitative estimate of drug-likeness (QED) is 0.730. The van der Waals surface area contributed by atoms with E-state index in [1.165, 1.54) is 22.7 Å². The molecular formula is C20H31N3O5S2. The Labute approximate surface area is 179 Å². The maximum atomic E-state index is 13.1. The number of hydrogen-bond donors (Lipinski definition) is 1. The highest BCUT2D eigenvalue weighted by Crippen LogP contribution is 2.30. The summed E-state index contributed by atoms with van der Waals surface area (Å²) in [6.07, 6.45) is 4.86. The molecule has 0 saturated carbocycles. The fourth-order valence-electron chi connectivity index (χ4n) is 4.40. The summed E-state index contributed by atoms with van der Waals surface area (Å²) in [7, 11) is -6.82. The molecule has 10 heteroatoms. The molecule has 0 bridgehead atoms. The molecular weight excluding hydrogens is 426 g/mol. The molecule has 2 atom stereocenters. The largest absolute Gasteiger partial charge is 0.326 e. The summed E-state index contributed by atoms with van der Waals surface area (Å²) in [6.45, 7) is 4.55. The Hall–Kier alpha value is -1.49. The molecule has 2 saturated heterocycles. The lowest BCUT2D eigenvalue weighted by molar-refractivity contribution is -0.120. The van der Waals surface area contributed by atoms with Crippen molar-refractivity contribution in [2.75, 3.05) is 24.7 Å². The third-order valence-electron chi connectivity index (χ3n) is 6.10. The highest BCUT2D eigenvalue weighted by molar-refractivity contribution is 7.89. The van der Waals surface area contributed by atoms with E-state index in [-0.39, 0.29) is 28.8 Å². The lowest BCUT2D eigenvalue weighted by atomic mass is 9.97. The van der Waals surface area contributed by atoms with Crippen LogP contribution in [0.25, 0.3) is 0 Å². The summed E-state index contributed by atoms with van der Waals surface area (Å²) in [5.41, 5.74) is 0.532. The minimum absolute atomic E-state index is 0.0315. The fourth-order valence-corrected chi connectivity index (χ4v) is 7.15. The third kappa shape index (κ3) is 5.04. The molecule has 168 valence electrons. The van der Waals surface area contributed by atoms with E-state index in [0.717, 1.165) is 19.3 Å². The SMILES string of the molecule is CC1CCCC(C)N1S(=O)(=O)c1ccc(NC(=O)C2CCN(S(C)(=O)=O)CC2)cc1. The van der Waals surface area contributed by atoms with Gasteiger partial charge in [0, 0.05) is 36.8 Å². The first-order valence-electron chi connectivity index (χ1n) is 10.4. The minimum Gasteiger partial charge on any atom is -0.326 e. The smallest absolute Gasteiger partial charge is 0.243 e. The highest BCUT2D eigenvalue weighted by Gasteiger charge is 2.35. The zero-order valence-corrected chi connectivity index (χ0v) is 19.4. The minimum atomic E-state index is -3.59. The number of nitrogens with one attached hydrogen (secondary N) is 1. The standard InChI is InChI=1S/C20H31N3O5S2/c1-15-5-4-6-16(2)23(15)30(27,28)19-9-7-18(8-10-19)21-20(24)17-11-13-22(14-12-17)29(3,25)26/h7-10,15-17H,4-6,11-14H2,1-3H3,(H,21,24). The number of carbonyl (C=O) groups is 1. The van der Waals surface area contributed by atoms with E-state index in [4.69, 9.17) is 0 Å². The second-order valence-corrected chi connectivity index (χ2v) is 12.2. The molecule has 2 fully saturated rings. The molecule has 2 aliphatic heterocycles. The fraction of sp³-hybridized carbons (Fsp3) is 0.650. The molecule has 2 heterocycles. The van der Waals surface area contributed by atoms with Gasteiger partial charge in [-0.15, -0.1) is 0 Å². The van der Waals surface area contributed by atoms with Gasteiger partial charge >= 0.3 is 0 Å². The van der Waals surface area contributed by atoms with Crippen LogP contribution in [0, 0.1) is 5.92 Å². The predicted molar refractivity (Wildman–Crippen MR) is 116 cm³/mol. The number of anilines is 1. The average Bonchev–Trinajstić information content (AvgIpc) is 2.67. The number of rotatable bonds is 5. The van der Waals surface area contributed by atoms with E-state index in [9.17, 15) is 21.6 Å². The highest BCUT2D eigenvalue weighted by atomic mass is 32.2. The lowest BCUT2D eigenvalue weighted by Crippen LogP contribution is -2.47. The van der Waals surface area contributed by atoms with Gasteiger partial charge in [-0.25, -0.2) is 21.1 Å². The zero-order chi connectivity index (χ0) is 22.1. The van der Waals surface area contributed by atoms with Gasteiger partial charge < -0.3 is 5.32 Å². The first kappa shape index (κ1) is 23.2. The van der Waals surface area contributed by atoms with Crippen LogP contribution < -0.4 is 5.32 Å². The van der Waals surface area contributed by atoms with Crippen molar-refractivity contribution in [3.05, 3.63) is 24.3 Å². The molecule has 0 aliphatic carbocycles. The number of carbonyl (C=O) groups excluding carboxylic acids is 1. The van der Waals surface area contributed by atoms with Gasteiger partial charge in [-0.3, -0.25) is 4.79 Å². The maximum absolute atomic E-state index is 13.1. The van der Waals surface area contributed by atoms with Crippen molar-refractivity contribution in [1.82, 2.24) is 8.61 Å². The third-order valence-corrected chi connectivity index (χ3v) is 9.55. The van der Waals surface area contributed by atoms with Crippen LogP contribution in [-0.2, 0) is 24.8 Å². The van der Waals surface area contributed by atoms with E-state index in [0.29, 0.717) is 31.6 Å². The van der Waals surface area contributed by atoms with Crippen LogP contribution in [0.15, 0.2) is 29.2 Å². The van der Waals surface area contributed by atoms with Crippen LogP contribution in [-0.4, -0.2) is 62.8 Å². The average molecular weight is 458 g/mol. The number of amides is 1. The molecule has 2 aliphatic rings. The van der Waals surface area contributed by atoms with Gasteiger partial charge in [0.25, 0.3) is 0 Å². The van der Waals surface area contributed by atoms with Crippen molar-refractivity contribution in [2.24, 2.45) is 5.92 Å². The van der Waals surface area contributed by atoms with Crippen LogP contribution in [0.2, 0.25) is 0 Å². The molecule has 3 rings (SSSR count). The Morgan fingerprint density at radius 1 is 0.933 bits per heavy atom. The maximum Gasteiger partial charge on any atom is 0.243 e. The van der Waals surface area contributed by atoms with Gasteiger partial charge in [-0.1, -0.05) is 6.42 Å². The topological polar surface area (TPSA) is 104 Å². The van der Waals surface area contributed by atoms with Crippen LogP contribution in [0.1, 0.15) is 46.0 Å². The van der Waals surface area contributed by atoms with Crippen molar-refractivity contribution >= 4 is 31.6 Å². The van der Waals surface area contributed by atoms with Crippen LogP contribution in [0.3, 0.4) is 0 Å². The first-order chi connectivity index (χ1) is 14.0. The van der Waals surface area contributed by atoms with Gasteiger partial charge in [0.15, 0.2) is 0 Å². The van der Waals surface area contributed by atoms with Gasteiger partial charge in [0.05, 0.1) is 11.2 Å². The molecule has 30 heavy (non-hydrogen) atoms. The van der Waals surface area contributed by atoms with Gasteiger partial charge in [0.2, 0.25) is 26.0 Å². The van der Waals surface area contributed by atoms with E-state index < -0.39 is 20.0 Å². The molecule has 0 radical (unpaired) electrons. The van der Waals surface area contributed by atoms with Crippen LogP contribution in [0.4, 0.5) is 5.69 Å². The van der Waals surface area contributed by atoms with E-state index in [1.54, 1.807) is 16.4 Å². The predicted octanol–water partition coefficient (Wildman–Crippen LogP) is 2.25. The van der Waals surface area contributed by atoms with Crippen molar-refractivity contribution in [2.45, 2.75) is 62.9 Å². The Bertz CT molecular complexity index is 958. The molecule has 0 aromatic heterocycles. The Kier molecular flexibility index (Phi) is 6.91. The van der Waals surface area contributed by atoms with Crippen molar-refractivity contribution in [3.63, 3.8) is 0 Å². The summed E-state index contributed by atoms with van der Waals surface area (Å²) in [4.78, 5) is 12.8. The van der Waals surface area contributed by atoms with E-state index >= 15 is 0 Å². The van der Waals surface area contributed by atoms with Crippen LogP contribution in [0.5, 0.6) is 0 Å². The van der Waals surface area contributed by atoms with Gasteiger partial charge in [-0.05, 0) is 63.8 Å². The van der Waals surface area contributed by atoms with Gasteiger partial charge in [-0.2, -0.15) is 4.31 Å². The molecule has 8 nitrogen and oxygen atoms in total. The van der Waals surface area contributed by atoms with Crippen molar-refractivity contribution in [1.29, 1.82) is 0 Å². The molecule has 0 spiro atoms. The molecule has 1 aromatic carbocycles. The summed E-state index contributed by atoms with van der Waals surface area (Å²) < 4.78 is 52.3. The Morgan fingerprint density at radius 3 is 1.97 bits per heavy atom. The lowest BCUT2D eigenvalue weighted by Gasteiger charge is -2.37. The molecule has 1 N–H and O–H groups in total. The van der Waals surface area contributed by atoms with Crippen molar-refractivity contribution in [3.8, 4) is 0 Å². The monoisotopic (exact) mass is 457 g/mol. The normalized spacial score (nSPS) is 25.2. The second-order valence-electron chi connectivity index (χ2n) is 8.41. The number of piperidine rings is 2. The summed E-state index contributed by atoms with van der Waals surface area (Å²) in [5, 5.41) is 2.83. The number of sulfonamides is 2.